The molecule has 0 bridgehead atoms. The van der Waals surface area contributed by atoms with Gasteiger partial charge in [-0.3, -0.25) is 0 Å². The van der Waals surface area contributed by atoms with E-state index in [1.807, 2.05) is 6.07 Å². The van der Waals surface area contributed by atoms with Gasteiger partial charge in [-0.1, -0.05) is 26.0 Å². The fourth-order valence-corrected chi connectivity index (χ4v) is 2.92. The molecule has 0 spiro atoms. The van der Waals surface area contributed by atoms with Gasteiger partial charge in [0.05, 0.1) is 4.47 Å². The second-order valence-corrected chi connectivity index (χ2v) is 6.30. The maximum atomic E-state index is 5.43. The zero-order valence-electron chi connectivity index (χ0n) is 12.2. The second kappa shape index (κ2) is 5.98. The first-order chi connectivity index (χ1) is 10.1. The van der Waals surface area contributed by atoms with Crippen LogP contribution in [0.4, 0.5) is 5.69 Å². The summed E-state index contributed by atoms with van der Waals surface area (Å²) in [5, 5.41) is 3.43. The molecule has 0 aromatic heterocycles. The Morgan fingerprint density at radius 3 is 2.62 bits per heavy atom. The smallest absolute Gasteiger partial charge is 0.231 e. The summed E-state index contributed by atoms with van der Waals surface area (Å²) in [6, 6.07) is 12.7. The summed E-state index contributed by atoms with van der Waals surface area (Å²) < 4.78 is 11.8. The highest BCUT2D eigenvalue weighted by atomic mass is 79.9. The van der Waals surface area contributed by atoms with Gasteiger partial charge < -0.3 is 14.8 Å². The van der Waals surface area contributed by atoms with Crippen molar-refractivity contribution in [1.82, 2.24) is 0 Å². The highest BCUT2D eigenvalue weighted by molar-refractivity contribution is 9.10. The summed E-state index contributed by atoms with van der Waals surface area (Å²) in [4.78, 5) is 0. The second-order valence-electron chi connectivity index (χ2n) is 5.44. The summed E-state index contributed by atoms with van der Waals surface area (Å²) in [7, 11) is 0. The molecule has 110 valence electrons. The third-order valence-electron chi connectivity index (χ3n) is 3.56. The van der Waals surface area contributed by atoms with Crippen LogP contribution in [0.25, 0.3) is 0 Å². The molecular formula is C17H18BrNO2. The van der Waals surface area contributed by atoms with Gasteiger partial charge in [0.1, 0.15) is 0 Å². The van der Waals surface area contributed by atoms with E-state index >= 15 is 0 Å². The van der Waals surface area contributed by atoms with Crippen LogP contribution in [-0.4, -0.2) is 6.79 Å². The van der Waals surface area contributed by atoms with Gasteiger partial charge in [0.25, 0.3) is 0 Å². The molecule has 0 atom stereocenters. The molecule has 0 saturated heterocycles. The molecule has 0 fully saturated rings. The van der Waals surface area contributed by atoms with Crippen molar-refractivity contribution in [3.8, 4) is 11.5 Å². The molecule has 1 heterocycles. The first kappa shape index (κ1) is 14.3. The Hall–Kier alpha value is -1.68. The van der Waals surface area contributed by atoms with Gasteiger partial charge in [-0.2, -0.15) is 0 Å². The SMILES string of the molecule is CC(C)c1ccc(NCc2cc(Br)c3c(c2)OCO3)cc1. The number of fused-ring (bicyclic) bond motifs is 1. The topological polar surface area (TPSA) is 30.5 Å². The molecule has 0 radical (unpaired) electrons. The lowest BCUT2D eigenvalue weighted by Gasteiger charge is -2.10. The van der Waals surface area contributed by atoms with Crippen LogP contribution in [-0.2, 0) is 6.54 Å². The number of benzene rings is 2. The molecule has 0 amide bonds. The van der Waals surface area contributed by atoms with Gasteiger partial charge in [0.15, 0.2) is 11.5 Å². The molecule has 0 aliphatic carbocycles. The minimum atomic E-state index is 0.293. The number of hydrogen-bond donors (Lipinski definition) is 1. The van der Waals surface area contributed by atoms with E-state index in [0.717, 1.165) is 33.8 Å². The Morgan fingerprint density at radius 2 is 1.90 bits per heavy atom. The van der Waals surface area contributed by atoms with Crippen LogP contribution in [0.3, 0.4) is 0 Å². The van der Waals surface area contributed by atoms with E-state index in [4.69, 9.17) is 9.47 Å². The van der Waals surface area contributed by atoms with Crippen LogP contribution in [0.5, 0.6) is 11.5 Å². The molecule has 1 N–H and O–H groups in total. The van der Waals surface area contributed by atoms with Crippen molar-refractivity contribution < 1.29 is 9.47 Å². The molecule has 3 nitrogen and oxygen atoms in total. The molecule has 1 aliphatic rings. The molecular weight excluding hydrogens is 330 g/mol. The number of rotatable bonds is 4. The molecule has 4 heteroatoms. The minimum Gasteiger partial charge on any atom is -0.454 e. The van der Waals surface area contributed by atoms with Gasteiger partial charge in [-0.15, -0.1) is 0 Å². The third-order valence-corrected chi connectivity index (χ3v) is 4.15. The summed E-state index contributed by atoms with van der Waals surface area (Å²) in [6.07, 6.45) is 0. The lowest BCUT2D eigenvalue weighted by Crippen LogP contribution is -2.00. The Labute approximate surface area is 133 Å². The van der Waals surface area contributed by atoms with Gasteiger partial charge in [0, 0.05) is 12.2 Å². The maximum absolute atomic E-state index is 5.43. The van der Waals surface area contributed by atoms with Crippen LogP contribution < -0.4 is 14.8 Å². The van der Waals surface area contributed by atoms with Crippen LogP contribution in [0.2, 0.25) is 0 Å². The number of halogens is 1. The third kappa shape index (κ3) is 3.16. The number of anilines is 1. The zero-order valence-corrected chi connectivity index (χ0v) is 13.7. The molecule has 2 aromatic carbocycles. The van der Waals surface area contributed by atoms with E-state index in [1.165, 1.54) is 5.56 Å². The predicted molar refractivity (Wildman–Crippen MR) is 88.1 cm³/mol. The number of hydrogen-bond acceptors (Lipinski definition) is 3. The molecule has 21 heavy (non-hydrogen) atoms. The summed E-state index contributed by atoms with van der Waals surface area (Å²) in [6.45, 7) is 5.44. The van der Waals surface area contributed by atoms with E-state index in [-0.39, 0.29) is 0 Å². The normalized spacial score (nSPS) is 12.8. The molecule has 1 aliphatic heterocycles. The lowest BCUT2D eigenvalue weighted by atomic mass is 10.0. The van der Waals surface area contributed by atoms with Gasteiger partial charge >= 0.3 is 0 Å². The Kier molecular flexibility index (Phi) is 4.06. The minimum absolute atomic E-state index is 0.293. The fraction of sp³-hybridized carbons (Fsp3) is 0.294. The fourth-order valence-electron chi connectivity index (χ4n) is 2.31. The van der Waals surface area contributed by atoms with Gasteiger partial charge in [-0.25, -0.2) is 0 Å². The average Bonchev–Trinajstić information content (AvgIpc) is 2.94. The van der Waals surface area contributed by atoms with Gasteiger partial charge in [0.2, 0.25) is 6.79 Å². The van der Waals surface area contributed by atoms with Crippen molar-refractivity contribution in [2.24, 2.45) is 0 Å². The standard InChI is InChI=1S/C17H18BrNO2/c1-11(2)13-3-5-14(6-4-13)19-9-12-7-15(18)17-16(8-12)20-10-21-17/h3-8,11,19H,9-10H2,1-2H3. The average molecular weight is 348 g/mol. The van der Waals surface area contributed by atoms with E-state index in [9.17, 15) is 0 Å². The van der Waals surface area contributed by atoms with Crippen molar-refractivity contribution in [1.29, 1.82) is 0 Å². The summed E-state index contributed by atoms with van der Waals surface area (Å²) >= 11 is 3.52. The predicted octanol–water partition coefficient (Wildman–Crippen LogP) is 4.91. The van der Waals surface area contributed by atoms with Crippen LogP contribution in [0.1, 0.15) is 30.9 Å². The Bertz CT molecular complexity index is 638. The zero-order chi connectivity index (χ0) is 14.8. The van der Waals surface area contributed by atoms with E-state index in [0.29, 0.717) is 12.7 Å². The van der Waals surface area contributed by atoms with Gasteiger partial charge in [-0.05, 0) is 57.2 Å². The van der Waals surface area contributed by atoms with Crippen molar-refractivity contribution in [2.75, 3.05) is 12.1 Å². The highest BCUT2D eigenvalue weighted by Gasteiger charge is 2.17. The summed E-state index contributed by atoms with van der Waals surface area (Å²) in [5.74, 6) is 2.15. The van der Waals surface area contributed by atoms with Crippen molar-refractivity contribution in [3.63, 3.8) is 0 Å². The highest BCUT2D eigenvalue weighted by Crippen LogP contribution is 2.40. The quantitative estimate of drug-likeness (QED) is 0.851. The van der Waals surface area contributed by atoms with Crippen molar-refractivity contribution >= 4 is 21.6 Å². The molecule has 2 aromatic rings. The van der Waals surface area contributed by atoms with Crippen molar-refractivity contribution in [2.45, 2.75) is 26.3 Å². The van der Waals surface area contributed by atoms with Crippen molar-refractivity contribution in [3.05, 3.63) is 52.0 Å². The van der Waals surface area contributed by atoms with Crippen LogP contribution in [0.15, 0.2) is 40.9 Å². The monoisotopic (exact) mass is 347 g/mol. The van der Waals surface area contributed by atoms with E-state index in [2.05, 4.69) is 65.4 Å². The Balaban J connectivity index is 1.69. The lowest BCUT2D eigenvalue weighted by molar-refractivity contribution is 0.173. The maximum Gasteiger partial charge on any atom is 0.231 e. The van der Waals surface area contributed by atoms with Crippen LogP contribution in [0, 0.1) is 0 Å². The molecule has 3 rings (SSSR count). The van der Waals surface area contributed by atoms with E-state index in [1.54, 1.807) is 0 Å². The largest absolute Gasteiger partial charge is 0.454 e. The molecule has 0 unspecified atom stereocenters. The van der Waals surface area contributed by atoms with E-state index < -0.39 is 0 Å². The molecule has 0 saturated carbocycles. The van der Waals surface area contributed by atoms with Crippen LogP contribution >= 0.6 is 15.9 Å². The summed E-state index contributed by atoms with van der Waals surface area (Å²) in [5.41, 5.74) is 3.62. The number of ether oxygens (including phenoxy) is 2. The first-order valence-corrected chi connectivity index (χ1v) is 7.84. The number of nitrogens with one attached hydrogen (secondary N) is 1. The first-order valence-electron chi connectivity index (χ1n) is 7.05. The Morgan fingerprint density at radius 1 is 1.14 bits per heavy atom.